The molecular weight excluding hydrogens is 244 g/mol. The van der Waals surface area contributed by atoms with Gasteiger partial charge in [0.15, 0.2) is 0 Å². The van der Waals surface area contributed by atoms with Gasteiger partial charge in [-0.1, -0.05) is 32.0 Å². The minimum atomic E-state index is -0.193. The third-order valence-corrected chi connectivity index (χ3v) is 3.84. The monoisotopic (exact) mass is 262 g/mol. The summed E-state index contributed by atoms with van der Waals surface area (Å²) < 4.78 is 5.52. The zero-order valence-corrected chi connectivity index (χ0v) is 11.9. The third kappa shape index (κ3) is 2.46. The average Bonchev–Trinajstić information content (AvgIpc) is 2.83. The maximum absolute atomic E-state index is 6.60. The van der Waals surface area contributed by atoms with E-state index >= 15 is 0 Å². The Balaban J connectivity index is 2.45. The van der Waals surface area contributed by atoms with E-state index in [1.54, 1.807) is 6.26 Å². The van der Waals surface area contributed by atoms with Crippen molar-refractivity contribution < 1.29 is 4.42 Å². The average molecular weight is 263 g/mol. The number of hydrogen-bond donors (Lipinski definition) is 0. The lowest BCUT2D eigenvalue weighted by molar-refractivity contribution is 0.513. The number of alkyl halides is 1. The summed E-state index contributed by atoms with van der Waals surface area (Å²) in [4.78, 5) is 0. The van der Waals surface area contributed by atoms with Gasteiger partial charge in [0.1, 0.15) is 11.1 Å². The van der Waals surface area contributed by atoms with Gasteiger partial charge in [-0.25, -0.2) is 0 Å². The molecule has 1 heterocycles. The Hall–Kier alpha value is -1.21. The molecule has 1 nitrogen and oxygen atoms in total. The summed E-state index contributed by atoms with van der Waals surface area (Å²) in [5.74, 6) is 0.861. The highest BCUT2D eigenvalue weighted by atomic mass is 35.5. The second-order valence-electron chi connectivity index (χ2n) is 4.57. The summed E-state index contributed by atoms with van der Waals surface area (Å²) in [6.07, 6.45) is 3.72. The van der Waals surface area contributed by atoms with E-state index in [0.717, 1.165) is 24.2 Å². The van der Waals surface area contributed by atoms with Crippen molar-refractivity contribution in [2.75, 3.05) is 0 Å². The predicted octanol–water partition coefficient (Wildman–Crippen LogP) is 5.04. The molecule has 1 aromatic heterocycles. The van der Waals surface area contributed by atoms with E-state index in [2.05, 4.69) is 32.0 Å². The van der Waals surface area contributed by atoms with Crippen LogP contribution in [0, 0.1) is 6.92 Å². The maximum atomic E-state index is 6.60. The number of hydrogen-bond acceptors (Lipinski definition) is 1. The van der Waals surface area contributed by atoms with E-state index in [1.807, 2.05) is 13.0 Å². The fourth-order valence-electron chi connectivity index (χ4n) is 2.21. The van der Waals surface area contributed by atoms with Gasteiger partial charge in [-0.15, -0.1) is 11.6 Å². The van der Waals surface area contributed by atoms with Gasteiger partial charge in [0.05, 0.1) is 6.26 Å². The molecule has 0 fully saturated rings. The van der Waals surface area contributed by atoms with Gasteiger partial charge in [0.25, 0.3) is 0 Å². The molecule has 0 aliphatic rings. The number of rotatable bonds is 4. The molecule has 1 aromatic carbocycles. The summed E-state index contributed by atoms with van der Waals surface area (Å²) in [5.41, 5.74) is 4.90. The highest BCUT2D eigenvalue weighted by molar-refractivity contribution is 6.22. The Morgan fingerprint density at radius 3 is 2.50 bits per heavy atom. The van der Waals surface area contributed by atoms with Crippen LogP contribution in [-0.4, -0.2) is 0 Å². The number of furan rings is 1. The topological polar surface area (TPSA) is 13.1 Å². The normalized spacial score (nSPS) is 12.7. The standard InChI is InChI=1S/C16H19ClO/c1-4-12-6-7-13(5-2)14(10-12)15(17)16-11(3)8-9-18-16/h6-10,15H,4-5H2,1-3H3. The minimum Gasteiger partial charge on any atom is -0.467 e. The molecule has 96 valence electrons. The van der Waals surface area contributed by atoms with E-state index in [0.29, 0.717) is 0 Å². The van der Waals surface area contributed by atoms with E-state index in [4.69, 9.17) is 16.0 Å². The molecule has 0 aliphatic carbocycles. The molecule has 0 saturated heterocycles. The lowest BCUT2D eigenvalue weighted by Gasteiger charge is -2.14. The summed E-state index contributed by atoms with van der Waals surface area (Å²) in [7, 11) is 0. The summed E-state index contributed by atoms with van der Waals surface area (Å²) in [6, 6.07) is 8.53. The van der Waals surface area contributed by atoms with Crippen LogP contribution in [0.15, 0.2) is 34.9 Å². The van der Waals surface area contributed by atoms with Crippen molar-refractivity contribution in [1.82, 2.24) is 0 Å². The fraction of sp³-hybridized carbons (Fsp3) is 0.375. The van der Waals surface area contributed by atoms with Crippen molar-refractivity contribution in [2.24, 2.45) is 0 Å². The van der Waals surface area contributed by atoms with Crippen molar-refractivity contribution in [3.05, 3.63) is 58.5 Å². The smallest absolute Gasteiger partial charge is 0.128 e. The molecule has 1 unspecified atom stereocenters. The molecule has 2 heteroatoms. The second-order valence-corrected chi connectivity index (χ2v) is 5.01. The molecule has 0 bridgehead atoms. The molecule has 0 N–H and O–H groups in total. The van der Waals surface area contributed by atoms with Crippen LogP contribution in [0.1, 0.15) is 47.2 Å². The second kappa shape index (κ2) is 5.62. The van der Waals surface area contributed by atoms with Crippen LogP contribution in [0.25, 0.3) is 0 Å². The largest absolute Gasteiger partial charge is 0.467 e. The van der Waals surface area contributed by atoms with Gasteiger partial charge < -0.3 is 4.42 Å². The molecule has 2 aromatic rings. The van der Waals surface area contributed by atoms with Gasteiger partial charge in [-0.3, -0.25) is 0 Å². The van der Waals surface area contributed by atoms with E-state index in [-0.39, 0.29) is 5.38 Å². The van der Waals surface area contributed by atoms with Crippen molar-refractivity contribution in [2.45, 2.75) is 39.0 Å². The number of halogens is 1. The molecule has 0 saturated carbocycles. The maximum Gasteiger partial charge on any atom is 0.128 e. The molecule has 0 radical (unpaired) electrons. The van der Waals surface area contributed by atoms with E-state index in [9.17, 15) is 0 Å². The van der Waals surface area contributed by atoms with Crippen LogP contribution in [0.5, 0.6) is 0 Å². The summed E-state index contributed by atoms with van der Waals surface area (Å²) in [5, 5.41) is -0.193. The Morgan fingerprint density at radius 2 is 1.94 bits per heavy atom. The number of aryl methyl sites for hydroxylation is 3. The van der Waals surface area contributed by atoms with Crippen LogP contribution in [0.4, 0.5) is 0 Å². The molecular formula is C16H19ClO. The lowest BCUT2D eigenvalue weighted by atomic mass is 9.96. The third-order valence-electron chi connectivity index (χ3n) is 3.40. The SMILES string of the molecule is CCc1ccc(CC)c(C(Cl)c2occc2C)c1. The molecule has 1 atom stereocenters. The Labute approximate surface area is 114 Å². The zero-order valence-electron chi connectivity index (χ0n) is 11.2. The predicted molar refractivity (Wildman–Crippen MR) is 76.3 cm³/mol. The van der Waals surface area contributed by atoms with Gasteiger partial charge in [-0.2, -0.15) is 0 Å². The van der Waals surface area contributed by atoms with Gasteiger partial charge in [-0.05, 0) is 48.1 Å². The fourth-order valence-corrected chi connectivity index (χ4v) is 2.63. The Kier molecular flexibility index (Phi) is 4.13. The van der Waals surface area contributed by atoms with Gasteiger partial charge in [0.2, 0.25) is 0 Å². The van der Waals surface area contributed by atoms with Crippen molar-refractivity contribution >= 4 is 11.6 Å². The van der Waals surface area contributed by atoms with Gasteiger partial charge in [0, 0.05) is 0 Å². The first-order valence-corrected chi connectivity index (χ1v) is 6.90. The highest BCUT2D eigenvalue weighted by Crippen LogP contribution is 2.34. The number of benzene rings is 1. The van der Waals surface area contributed by atoms with Crippen molar-refractivity contribution in [3.8, 4) is 0 Å². The van der Waals surface area contributed by atoms with E-state index < -0.39 is 0 Å². The zero-order chi connectivity index (χ0) is 13.1. The Bertz CT molecular complexity index is 528. The highest BCUT2D eigenvalue weighted by Gasteiger charge is 2.19. The van der Waals surface area contributed by atoms with Crippen LogP contribution in [0.2, 0.25) is 0 Å². The lowest BCUT2D eigenvalue weighted by Crippen LogP contribution is -2.00. The van der Waals surface area contributed by atoms with E-state index in [1.165, 1.54) is 16.7 Å². The summed E-state index contributed by atoms with van der Waals surface area (Å²) in [6.45, 7) is 6.35. The summed E-state index contributed by atoms with van der Waals surface area (Å²) >= 11 is 6.60. The quantitative estimate of drug-likeness (QED) is 0.704. The van der Waals surface area contributed by atoms with Crippen molar-refractivity contribution in [3.63, 3.8) is 0 Å². The minimum absolute atomic E-state index is 0.193. The molecule has 0 amide bonds. The van der Waals surface area contributed by atoms with Crippen LogP contribution < -0.4 is 0 Å². The molecule has 0 spiro atoms. The van der Waals surface area contributed by atoms with Crippen LogP contribution in [0.3, 0.4) is 0 Å². The first-order valence-electron chi connectivity index (χ1n) is 6.47. The first kappa shape index (κ1) is 13.2. The molecule has 2 rings (SSSR count). The van der Waals surface area contributed by atoms with Crippen LogP contribution >= 0.6 is 11.6 Å². The van der Waals surface area contributed by atoms with Crippen LogP contribution in [-0.2, 0) is 12.8 Å². The van der Waals surface area contributed by atoms with Gasteiger partial charge >= 0.3 is 0 Å². The van der Waals surface area contributed by atoms with Crippen molar-refractivity contribution in [1.29, 1.82) is 0 Å². The Morgan fingerprint density at radius 1 is 1.17 bits per heavy atom. The molecule has 0 aliphatic heterocycles. The molecule has 18 heavy (non-hydrogen) atoms. The first-order chi connectivity index (χ1) is 8.67.